The van der Waals surface area contributed by atoms with Gasteiger partial charge in [-0.15, -0.1) is 5.10 Å². The molecule has 2 aromatic rings. The van der Waals surface area contributed by atoms with Gasteiger partial charge < -0.3 is 10.1 Å². The number of nitrogens with zero attached hydrogens (tertiary/aromatic N) is 3. The van der Waals surface area contributed by atoms with Crippen LogP contribution in [-0.2, 0) is 9.53 Å². The van der Waals surface area contributed by atoms with Crippen molar-refractivity contribution in [2.75, 3.05) is 6.61 Å². The maximum absolute atomic E-state index is 11.9. The van der Waals surface area contributed by atoms with Crippen molar-refractivity contribution in [3.63, 3.8) is 0 Å². The molecule has 1 saturated heterocycles. The monoisotopic (exact) mass is 300 g/mol. The van der Waals surface area contributed by atoms with Gasteiger partial charge in [-0.25, -0.2) is 9.48 Å². The van der Waals surface area contributed by atoms with Gasteiger partial charge >= 0.3 is 5.97 Å². The molecule has 7 nitrogen and oxygen atoms in total. The number of ether oxygens (including phenoxy) is 1. The van der Waals surface area contributed by atoms with Crippen LogP contribution in [0.15, 0.2) is 30.5 Å². The van der Waals surface area contributed by atoms with Gasteiger partial charge in [-0.05, 0) is 25.5 Å². The van der Waals surface area contributed by atoms with E-state index in [1.165, 1.54) is 10.9 Å². The first kappa shape index (κ1) is 14.2. The molecule has 114 valence electrons. The number of amides is 1. The molecule has 3 rings (SSSR count). The number of rotatable bonds is 4. The van der Waals surface area contributed by atoms with Crippen molar-refractivity contribution in [3.05, 3.63) is 41.7 Å². The summed E-state index contributed by atoms with van der Waals surface area (Å²) in [5.74, 6) is -0.550. The molecule has 7 heteroatoms. The highest BCUT2D eigenvalue weighted by Gasteiger charge is 2.23. The third kappa shape index (κ3) is 3.13. The predicted octanol–water partition coefficient (Wildman–Crippen LogP) is 1.01. The zero-order valence-electron chi connectivity index (χ0n) is 12.2. The first-order valence-corrected chi connectivity index (χ1v) is 7.08. The van der Waals surface area contributed by atoms with Crippen LogP contribution in [0.25, 0.3) is 5.69 Å². The number of aromatic nitrogens is 3. The summed E-state index contributed by atoms with van der Waals surface area (Å²) in [6.45, 7) is 2.15. The minimum atomic E-state index is -0.542. The highest BCUT2D eigenvalue weighted by Crippen LogP contribution is 2.10. The molecule has 0 radical (unpaired) electrons. The smallest absolute Gasteiger partial charge is 0.360 e. The number of hydrogen-bond donors (Lipinski definition) is 1. The summed E-state index contributed by atoms with van der Waals surface area (Å²) < 4.78 is 6.68. The van der Waals surface area contributed by atoms with Crippen molar-refractivity contribution < 1.29 is 14.3 Å². The highest BCUT2D eigenvalue weighted by molar-refractivity contribution is 5.87. The van der Waals surface area contributed by atoms with Gasteiger partial charge in [0.15, 0.2) is 5.69 Å². The molecular weight excluding hydrogens is 284 g/mol. The van der Waals surface area contributed by atoms with Crippen molar-refractivity contribution in [2.24, 2.45) is 0 Å². The van der Waals surface area contributed by atoms with Gasteiger partial charge in [-0.3, -0.25) is 4.79 Å². The number of carbonyl (C=O) groups is 2. The first-order valence-electron chi connectivity index (χ1n) is 7.08. The summed E-state index contributed by atoms with van der Waals surface area (Å²) in [4.78, 5) is 23.0. The molecule has 1 atom stereocenters. The van der Waals surface area contributed by atoms with E-state index < -0.39 is 5.97 Å². The van der Waals surface area contributed by atoms with E-state index in [4.69, 9.17) is 4.74 Å². The van der Waals surface area contributed by atoms with Gasteiger partial charge in [0, 0.05) is 6.42 Å². The molecule has 1 aliphatic rings. The average molecular weight is 300 g/mol. The van der Waals surface area contributed by atoms with Crippen molar-refractivity contribution in [3.8, 4) is 5.69 Å². The van der Waals surface area contributed by atoms with Gasteiger partial charge in [-0.2, -0.15) is 0 Å². The van der Waals surface area contributed by atoms with E-state index in [9.17, 15) is 9.59 Å². The van der Waals surface area contributed by atoms with E-state index in [2.05, 4.69) is 15.6 Å². The zero-order chi connectivity index (χ0) is 15.5. The molecule has 2 heterocycles. The van der Waals surface area contributed by atoms with Gasteiger partial charge in [0.25, 0.3) is 0 Å². The predicted molar refractivity (Wildman–Crippen MR) is 77.5 cm³/mol. The Morgan fingerprint density at radius 3 is 2.86 bits per heavy atom. The van der Waals surface area contributed by atoms with E-state index in [1.807, 2.05) is 31.2 Å². The molecule has 1 fully saturated rings. The topological polar surface area (TPSA) is 86.1 Å². The Balaban J connectivity index is 1.61. The van der Waals surface area contributed by atoms with Crippen LogP contribution in [-0.4, -0.2) is 39.5 Å². The number of nitrogens with one attached hydrogen (secondary N) is 1. The largest absolute Gasteiger partial charge is 0.459 e. The van der Waals surface area contributed by atoms with Crippen molar-refractivity contribution >= 4 is 11.9 Å². The molecule has 1 unspecified atom stereocenters. The molecule has 22 heavy (non-hydrogen) atoms. The summed E-state index contributed by atoms with van der Waals surface area (Å²) in [6, 6.07) is 7.60. The minimum absolute atomic E-state index is 0.00800. The lowest BCUT2D eigenvalue weighted by molar-refractivity contribution is -0.119. The van der Waals surface area contributed by atoms with Crippen molar-refractivity contribution in [2.45, 2.75) is 25.8 Å². The molecular formula is C15H16N4O3. The summed E-state index contributed by atoms with van der Waals surface area (Å²) in [5.41, 5.74) is 2.10. The van der Waals surface area contributed by atoms with Crippen molar-refractivity contribution in [1.29, 1.82) is 0 Å². The van der Waals surface area contributed by atoms with E-state index in [-0.39, 0.29) is 24.2 Å². The lowest BCUT2D eigenvalue weighted by atomic mass is 10.2. The number of benzene rings is 1. The van der Waals surface area contributed by atoms with E-state index in [1.54, 1.807) is 0 Å². The second-order valence-corrected chi connectivity index (χ2v) is 5.29. The molecule has 1 amide bonds. The molecule has 0 bridgehead atoms. The van der Waals surface area contributed by atoms with Crippen LogP contribution >= 0.6 is 0 Å². The Morgan fingerprint density at radius 1 is 1.41 bits per heavy atom. The fourth-order valence-electron chi connectivity index (χ4n) is 2.23. The maximum atomic E-state index is 11.9. The quantitative estimate of drug-likeness (QED) is 0.852. The number of esters is 1. The van der Waals surface area contributed by atoms with Crippen LogP contribution in [0.5, 0.6) is 0 Å². The second kappa shape index (κ2) is 5.97. The number of carbonyl (C=O) groups excluding carboxylic acids is 2. The Hall–Kier alpha value is -2.70. The fraction of sp³-hybridized carbons (Fsp3) is 0.333. The van der Waals surface area contributed by atoms with Crippen LogP contribution < -0.4 is 5.32 Å². The Kier molecular flexibility index (Phi) is 3.86. The van der Waals surface area contributed by atoms with E-state index in [0.29, 0.717) is 12.8 Å². The third-order valence-electron chi connectivity index (χ3n) is 3.50. The van der Waals surface area contributed by atoms with Crippen LogP contribution in [0.2, 0.25) is 0 Å². The molecule has 0 aliphatic carbocycles. The number of aryl methyl sites for hydroxylation is 1. The molecule has 1 aromatic heterocycles. The lowest BCUT2D eigenvalue weighted by Crippen LogP contribution is -2.30. The second-order valence-electron chi connectivity index (χ2n) is 5.29. The van der Waals surface area contributed by atoms with Gasteiger partial charge in [0.2, 0.25) is 5.91 Å². The minimum Gasteiger partial charge on any atom is -0.459 e. The van der Waals surface area contributed by atoms with E-state index >= 15 is 0 Å². The maximum Gasteiger partial charge on any atom is 0.360 e. The zero-order valence-corrected chi connectivity index (χ0v) is 12.2. The summed E-state index contributed by atoms with van der Waals surface area (Å²) in [5, 5.41) is 10.5. The molecule has 0 spiro atoms. The van der Waals surface area contributed by atoms with Crippen LogP contribution in [0.1, 0.15) is 28.9 Å². The Bertz CT molecular complexity index is 693. The molecule has 1 N–H and O–H groups in total. The third-order valence-corrected chi connectivity index (χ3v) is 3.50. The van der Waals surface area contributed by atoms with Gasteiger partial charge in [0.05, 0.1) is 17.9 Å². The average Bonchev–Trinajstić information content (AvgIpc) is 3.15. The summed E-state index contributed by atoms with van der Waals surface area (Å²) in [7, 11) is 0. The SMILES string of the molecule is Cc1ccc(-n2cc(C(=O)OCC3CCC(=O)N3)nn2)cc1. The lowest BCUT2D eigenvalue weighted by Gasteiger charge is -2.09. The molecule has 1 aromatic carbocycles. The van der Waals surface area contributed by atoms with Crippen LogP contribution in [0.4, 0.5) is 0 Å². The summed E-state index contributed by atoms with van der Waals surface area (Å²) in [6.07, 6.45) is 2.69. The molecule has 1 aliphatic heterocycles. The Morgan fingerprint density at radius 2 is 2.18 bits per heavy atom. The highest BCUT2D eigenvalue weighted by atomic mass is 16.5. The first-order chi connectivity index (χ1) is 10.6. The normalized spacial score (nSPS) is 17.3. The molecule has 0 saturated carbocycles. The van der Waals surface area contributed by atoms with Crippen molar-refractivity contribution in [1.82, 2.24) is 20.3 Å². The fourth-order valence-corrected chi connectivity index (χ4v) is 2.23. The van der Waals surface area contributed by atoms with Gasteiger partial charge in [0.1, 0.15) is 6.61 Å². The summed E-state index contributed by atoms with van der Waals surface area (Å²) >= 11 is 0. The van der Waals surface area contributed by atoms with Crippen LogP contribution in [0.3, 0.4) is 0 Å². The van der Waals surface area contributed by atoms with Crippen LogP contribution in [0, 0.1) is 6.92 Å². The van der Waals surface area contributed by atoms with E-state index in [0.717, 1.165) is 11.3 Å². The Labute approximate surface area is 127 Å². The standard InChI is InChI=1S/C15H16N4O3/c1-10-2-5-12(6-3-10)19-8-13(17-18-19)15(21)22-9-11-4-7-14(20)16-11/h2-3,5-6,8,11H,4,7,9H2,1H3,(H,16,20). The van der Waals surface area contributed by atoms with Gasteiger partial charge in [-0.1, -0.05) is 22.9 Å². The number of hydrogen-bond acceptors (Lipinski definition) is 5.